The van der Waals surface area contributed by atoms with Crippen LogP contribution in [0.4, 0.5) is 5.69 Å². The van der Waals surface area contributed by atoms with Crippen LogP contribution in [0.15, 0.2) is 61.9 Å². The molecule has 2 aliphatic heterocycles. The van der Waals surface area contributed by atoms with Crippen molar-refractivity contribution in [2.24, 2.45) is 4.99 Å². The second kappa shape index (κ2) is 10.5. The Labute approximate surface area is 236 Å². The summed E-state index contributed by atoms with van der Waals surface area (Å²) in [5.74, 6) is 0.104. The number of carbonyl (C=O) groups is 2. The van der Waals surface area contributed by atoms with Crippen LogP contribution in [0.1, 0.15) is 37.9 Å². The van der Waals surface area contributed by atoms with Gasteiger partial charge >= 0.3 is 5.97 Å². The molecule has 11 heteroatoms. The Hall–Kier alpha value is -3.70. The van der Waals surface area contributed by atoms with Crippen LogP contribution in [-0.2, 0) is 14.3 Å². The van der Waals surface area contributed by atoms with Gasteiger partial charge in [-0.2, -0.15) is 0 Å². The third-order valence-electron chi connectivity index (χ3n) is 6.65. The van der Waals surface area contributed by atoms with Crippen LogP contribution in [0.5, 0.6) is 11.5 Å². The largest absolute Gasteiger partial charge is 0.493 e. The maximum Gasteiger partial charge on any atom is 0.338 e. The molecule has 5 rings (SSSR count). The first kappa shape index (κ1) is 26.9. The molecule has 1 atom stereocenters. The topological polar surface area (TPSA) is 99.4 Å². The zero-order chi connectivity index (χ0) is 28.0. The van der Waals surface area contributed by atoms with Crippen LogP contribution in [-0.4, -0.2) is 43.8 Å². The van der Waals surface area contributed by atoms with Crippen molar-refractivity contribution >= 4 is 50.4 Å². The van der Waals surface area contributed by atoms with E-state index in [9.17, 15) is 14.4 Å². The zero-order valence-corrected chi connectivity index (χ0v) is 24.4. The van der Waals surface area contributed by atoms with Crippen molar-refractivity contribution in [3.8, 4) is 11.5 Å². The van der Waals surface area contributed by atoms with Crippen molar-refractivity contribution < 1.29 is 23.8 Å². The van der Waals surface area contributed by atoms with E-state index in [1.165, 1.54) is 16.6 Å². The minimum Gasteiger partial charge on any atom is -0.493 e. The van der Waals surface area contributed by atoms with E-state index in [4.69, 9.17) is 14.2 Å². The number of likely N-dealkylation sites (N-methyl/N-ethyl adjacent to an activating group) is 1. The molecule has 0 spiro atoms. The van der Waals surface area contributed by atoms with E-state index >= 15 is 0 Å². The van der Waals surface area contributed by atoms with Crippen LogP contribution < -0.4 is 29.3 Å². The van der Waals surface area contributed by atoms with E-state index < -0.39 is 17.6 Å². The standard InChI is InChI=1S/C28H26BrN3O6S/c1-6-37-20-12-16(17(29)13-19(20)36-5)23-21(27(35)38-7-2)14(3)30-28-32(23)26(34)24(39-28)22-15-10-8-9-11-18(15)31(4)25(22)33/h8-13,23H,6-7H2,1-5H3/b24-22-/t23-/m1/s1. The average Bonchev–Trinajstić information content (AvgIpc) is 3.36. The number of aromatic nitrogens is 1. The number of allylic oxidation sites excluding steroid dienone is 1. The van der Waals surface area contributed by atoms with E-state index in [1.807, 2.05) is 31.2 Å². The van der Waals surface area contributed by atoms with Gasteiger partial charge in [-0.15, -0.1) is 0 Å². The molecule has 1 amide bonds. The van der Waals surface area contributed by atoms with Crippen LogP contribution in [0.25, 0.3) is 5.57 Å². The third kappa shape index (κ3) is 4.29. The van der Waals surface area contributed by atoms with Crippen molar-refractivity contribution in [2.75, 3.05) is 32.3 Å². The Bertz CT molecular complexity index is 1740. The van der Waals surface area contributed by atoms with Gasteiger partial charge in [-0.1, -0.05) is 45.5 Å². The number of anilines is 1. The molecule has 3 heterocycles. The smallest absolute Gasteiger partial charge is 0.338 e. The Morgan fingerprint density at radius 3 is 2.56 bits per heavy atom. The number of benzene rings is 2. The molecule has 0 unspecified atom stereocenters. The van der Waals surface area contributed by atoms with Gasteiger partial charge in [0, 0.05) is 17.1 Å². The molecule has 2 aliphatic rings. The summed E-state index contributed by atoms with van der Waals surface area (Å²) in [4.78, 5) is 47.4. The number of ether oxygens (including phenoxy) is 3. The molecule has 39 heavy (non-hydrogen) atoms. The van der Waals surface area contributed by atoms with Gasteiger partial charge in [0.2, 0.25) is 0 Å². The van der Waals surface area contributed by atoms with Crippen molar-refractivity contribution in [1.29, 1.82) is 0 Å². The highest BCUT2D eigenvalue weighted by Gasteiger charge is 2.37. The van der Waals surface area contributed by atoms with Crippen LogP contribution in [0.3, 0.4) is 0 Å². The highest BCUT2D eigenvalue weighted by atomic mass is 79.9. The first-order chi connectivity index (χ1) is 18.7. The molecule has 0 saturated heterocycles. The normalized spacial score (nSPS) is 17.5. The number of hydrogen-bond donors (Lipinski definition) is 0. The fraction of sp³-hybridized carbons (Fsp3) is 0.286. The lowest BCUT2D eigenvalue weighted by molar-refractivity contribution is -0.139. The molecule has 0 bridgehead atoms. The summed E-state index contributed by atoms with van der Waals surface area (Å²) in [6.45, 7) is 5.83. The lowest BCUT2D eigenvalue weighted by atomic mass is 9.95. The minimum atomic E-state index is -0.890. The van der Waals surface area contributed by atoms with Crippen LogP contribution in [0, 0.1) is 0 Å². The number of methoxy groups -OCH3 is 1. The second-order valence-electron chi connectivity index (χ2n) is 8.84. The molecule has 202 valence electrons. The number of esters is 1. The highest BCUT2D eigenvalue weighted by Crippen LogP contribution is 2.41. The molecule has 0 aliphatic carbocycles. The summed E-state index contributed by atoms with van der Waals surface area (Å²) in [6, 6.07) is 9.94. The molecule has 3 aromatic rings. The van der Waals surface area contributed by atoms with Gasteiger partial charge in [-0.05, 0) is 44.5 Å². The zero-order valence-electron chi connectivity index (χ0n) is 22.0. The number of nitrogens with zero attached hydrogens (tertiary/aromatic N) is 3. The summed E-state index contributed by atoms with van der Waals surface area (Å²) >= 11 is 4.74. The Kier molecular flexibility index (Phi) is 7.21. The molecule has 9 nitrogen and oxygen atoms in total. The number of amides is 1. The maximum absolute atomic E-state index is 14.2. The molecule has 0 fully saturated rings. The molecule has 0 N–H and O–H groups in total. The van der Waals surface area contributed by atoms with E-state index in [0.29, 0.717) is 49.8 Å². The number of thiazole rings is 1. The van der Waals surface area contributed by atoms with Crippen molar-refractivity contribution in [1.82, 2.24) is 4.57 Å². The predicted molar refractivity (Wildman–Crippen MR) is 151 cm³/mol. The molecular weight excluding hydrogens is 586 g/mol. The molecule has 2 aromatic carbocycles. The van der Waals surface area contributed by atoms with E-state index in [2.05, 4.69) is 20.9 Å². The molecule has 0 radical (unpaired) electrons. The number of fused-ring (bicyclic) bond motifs is 2. The van der Waals surface area contributed by atoms with E-state index in [1.54, 1.807) is 33.0 Å². The fourth-order valence-electron chi connectivity index (χ4n) is 4.91. The molecule has 0 saturated carbocycles. The Balaban J connectivity index is 1.85. The van der Waals surface area contributed by atoms with Crippen molar-refractivity contribution in [2.45, 2.75) is 26.8 Å². The van der Waals surface area contributed by atoms with Crippen LogP contribution in [0.2, 0.25) is 0 Å². The number of carbonyl (C=O) groups excluding carboxylic acids is 2. The number of hydrogen-bond acceptors (Lipinski definition) is 8. The summed E-state index contributed by atoms with van der Waals surface area (Å²) in [5, 5.41) is 0. The molecule has 1 aromatic heterocycles. The summed E-state index contributed by atoms with van der Waals surface area (Å²) in [6.07, 6.45) is 0. The van der Waals surface area contributed by atoms with Gasteiger partial charge < -0.3 is 19.1 Å². The SMILES string of the molecule is CCOC(=O)C1=C(C)N=c2s/c(=C3\C(=O)N(C)c4ccccc43)c(=O)n2[C@@H]1c1cc(OCC)c(OC)cc1Br. The van der Waals surface area contributed by atoms with E-state index in [-0.39, 0.29) is 22.6 Å². The summed E-state index contributed by atoms with van der Waals surface area (Å²) in [5.41, 5.74) is 2.53. The maximum atomic E-state index is 14.2. The van der Waals surface area contributed by atoms with Gasteiger partial charge in [0.25, 0.3) is 11.5 Å². The van der Waals surface area contributed by atoms with E-state index in [0.717, 1.165) is 17.0 Å². The highest BCUT2D eigenvalue weighted by molar-refractivity contribution is 9.10. The molecular formula is C28H26BrN3O6S. The van der Waals surface area contributed by atoms with Gasteiger partial charge in [-0.3, -0.25) is 14.2 Å². The van der Waals surface area contributed by atoms with Crippen molar-refractivity contribution in [3.05, 3.63) is 83.0 Å². The number of halogens is 1. The van der Waals surface area contributed by atoms with Gasteiger partial charge in [-0.25, -0.2) is 9.79 Å². The predicted octanol–water partition coefficient (Wildman–Crippen LogP) is 3.31. The summed E-state index contributed by atoms with van der Waals surface area (Å²) in [7, 11) is 3.22. The lowest BCUT2D eigenvalue weighted by Gasteiger charge is -2.26. The van der Waals surface area contributed by atoms with Gasteiger partial charge in [0.15, 0.2) is 16.3 Å². The van der Waals surface area contributed by atoms with Gasteiger partial charge in [0.1, 0.15) is 4.53 Å². The fourth-order valence-corrected chi connectivity index (χ4v) is 6.59. The second-order valence-corrected chi connectivity index (χ2v) is 10.7. The first-order valence-electron chi connectivity index (χ1n) is 12.3. The minimum absolute atomic E-state index is 0.155. The number of rotatable bonds is 6. The van der Waals surface area contributed by atoms with Gasteiger partial charge in [0.05, 0.1) is 48.9 Å². The van der Waals surface area contributed by atoms with Crippen LogP contribution >= 0.6 is 27.3 Å². The lowest BCUT2D eigenvalue weighted by Crippen LogP contribution is -2.41. The third-order valence-corrected chi connectivity index (χ3v) is 8.39. The van der Waals surface area contributed by atoms with Crippen molar-refractivity contribution in [3.63, 3.8) is 0 Å². The monoisotopic (exact) mass is 611 g/mol. The summed E-state index contributed by atoms with van der Waals surface area (Å²) < 4.78 is 19.0. The Morgan fingerprint density at radius 2 is 1.87 bits per heavy atom. The number of para-hydroxylation sites is 1. The quantitative estimate of drug-likeness (QED) is 0.397. The first-order valence-corrected chi connectivity index (χ1v) is 13.9. The average molecular weight is 613 g/mol. The Morgan fingerprint density at radius 1 is 1.13 bits per heavy atom.